The highest BCUT2D eigenvalue weighted by molar-refractivity contribution is 7.99. The fraction of sp³-hybridized carbons (Fsp3) is 0.833. The molecule has 0 aliphatic carbocycles. The minimum Gasteiger partial charge on any atom is -0.352 e. The van der Waals surface area contributed by atoms with Gasteiger partial charge in [-0.2, -0.15) is 17.0 Å². The summed E-state index contributed by atoms with van der Waals surface area (Å²) in [7, 11) is 0. The summed E-state index contributed by atoms with van der Waals surface area (Å²) >= 11 is 1.87. The summed E-state index contributed by atoms with van der Waals surface area (Å²) in [5, 5.41) is 11.8. The zero-order valence-corrected chi connectivity index (χ0v) is 11.4. The molecule has 0 aliphatic heterocycles. The summed E-state index contributed by atoms with van der Waals surface area (Å²) in [6, 6.07) is 2.21. The number of hydrogen-bond donors (Lipinski definition) is 1. The number of carbonyl (C=O) groups is 1. The minimum absolute atomic E-state index is 0.0715. The van der Waals surface area contributed by atoms with Gasteiger partial charge in [0.1, 0.15) is 5.92 Å². The van der Waals surface area contributed by atoms with Gasteiger partial charge in [0.25, 0.3) is 0 Å². The maximum atomic E-state index is 11.7. The lowest BCUT2D eigenvalue weighted by atomic mass is 9.96. The van der Waals surface area contributed by atoms with E-state index in [1.807, 2.05) is 32.5 Å². The molecule has 0 radical (unpaired) electrons. The van der Waals surface area contributed by atoms with Crippen molar-refractivity contribution < 1.29 is 4.79 Å². The number of nitrogens with one attached hydrogen (secondary N) is 1. The van der Waals surface area contributed by atoms with Crippen LogP contribution in [-0.2, 0) is 4.79 Å². The molecule has 0 aromatic carbocycles. The number of nitrogens with zero attached hydrogens (tertiary/aromatic N) is 1. The molecule has 0 aliphatic rings. The van der Waals surface area contributed by atoms with Gasteiger partial charge in [0, 0.05) is 6.04 Å². The van der Waals surface area contributed by atoms with Gasteiger partial charge in [-0.1, -0.05) is 20.8 Å². The van der Waals surface area contributed by atoms with E-state index in [4.69, 9.17) is 5.26 Å². The van der Waals surface area contributed by atoms with E-state index in [-0.39, 0.29) is 17.9 Å². The Morgan fingerprint density at radius 2 is 2.06 bits per heavy atom. The molecule has 0 bridgehead atoms. The lowest BCUT2D eigenvalue weighted by Gasteiger charge is -2.17. The molecule has 1 N–H and O–H groups in total. The van der Waals surface area contributed by atoms with E-state index in [1.165, 1.54) is 0 Å². The van der Waals surface area contributed by atoms with E-state index in [0.29, 0.717) is 0 Å². The first-order valence-corrected chi connectivity index (χ1v) is 6.96. The Labute approximate surface area is 103 Å². The van der Waals surface area contributed by atoms with Crippen LogP contribution in [-0.4, -0.2) is 23.5 Å². The zero-order chi connectivity index (χ0) is 12.6. The van der Waals surface area contributed by atoms with E-state index >= 15 is 0 Å². The van der Waals surface area contributed by atoms with Crippen LogP contribution < -0.4 is 5.32 Å². The van der Waals surface area contributed by atoms with Crippen LogP contribution in [0.3, 0.4) is 0 Å². The molecule has 92 valence electrons. The Kier molecular flexibility index (Phi) is 8.10. The molecular formula is C12H22N2OS. The van der Waals surface area contributed by atoms with Crippen molar-refractivity contribution in [2.75, 3.05) is 11.5 Å². The van der Waals surface area contributed by atoms with E-state index in [2.05, 4.69) is 18.3 Å². The zero-order valence-electron chi connectivity index (χ0n) is 10.6. The van der Waals surface area contributed by atoms with Crippen LogP contribution in [0.4, 0.5) is 0 Å². The maximum Gasteiger partial charge on any atom is 0.237 e. The van der Waals surface area contributed by atoms with Crippen molar-refractivity contribution >= 4 is 17.7 Å². The summed E-state index contributed by atoms with van der Waals surface area (Å²) in [4.78, 5) is 11.7. The summed E-state index contributed by atoms with van der Waals surface area (Å²) in [6.07, 6.45) is 0.959. The SMILES string of the molecule is CCSCCC(C)NC(=O)C(C#N)C(C)C. The topological polar surface area (TPSA) is 52.9 Å². The fourth-order valence-corrected chi connectivity index (χ4v) is 2.13. The van der Waals surface area contributed by atoms with E-state index in [0.717, 1.165) is 17.9 Å². The van der Waals surface area contributed by atoms with Crippen molar-refractivity contribution in [1.82, 2.24) is 5.32 Å². The van der Waals surface area contributed by atoms with Gasteiger partial charge >= 0.3 is 0 Å². The number of carbonyl (C=O) groups excluding carboxylic acids is 1. The first-order valence-electron chi connectivity index (χ1n) is 5.80. The second-order valence-electron chi connectivity index (χ2n) is 4.25. The summed E-state index contributed by atoms with van der Waals surface area (Å²) in [5.74, 6) is 1.57. The molecule has 2 unspecified atom stereocenters. The highest BCUT2D eigenvalue weighted by Crippen LogP contribution is 2.10. The molecule has 0 spiro atoms. The van der Waals surface area contributed by atoms with Crippen LogP contribution in [0.1, 0.15) is 34.1 Å². The van der Waals surface area contributed by atoms with Crippen LogP contribution in [0.15, 0.2) is 0 Å². The number of amides is 1. The second kappa shape index (κ2) is 8.46. The molecule has 0 rings (SSSR count). The van der Waals surface area contributed by atoms with E-state index < -0.39 is 5.92 Å². The van der Waals surface area contributed by atoms with Crippen molar-refractivity contribution in [3.05, 3.63) is 0 Å². The fourth-order valence-electron chi connectivity index (χ4n) is 1.32. The van der Waals surface area contributed by atoms with Gasteiger partial charge in [0.05, 0.1) is 6.07 Å². The highest BCUT2D eigenvalue weighted by Gasteiger charge is 2.22. The quantitative estimate of drug-likeness (QED) is 0.698. The van der Waals surface area contributed by atoms with Crippen molar-refractivity contribution in [1.29, 1.82) is 5.26 Å². The van der Waals surface area contributed by atoms with Gasteiger partial charge in [0.15, 0.2) is 0 Å². The molecule has 3 nitrogen and oxygen atoms in total. The monoisotopic (exact) mass is 242 g/mol. The summed E-state index contributed by atoms with van der Waals surface area (Å²) < 4.78 is 0. The van der Waals surface area contributed by atoms with Crippen molar-refractivity contribution in [3.8, 4) is 6.07 Å². The van der Waals surface area contributed by atoms with Crippen LogP contribution in [0.5, 0.6) is 0 Å². The molecule has 0 fully saturated rings. The lowest BCUT2D eigenvalue weighted by molar-refractivity contribution is -0.125. The first-order chi connectivity index (χ1) is 7.52. The molecule has 0 saturated carbocycles. The van der Waals surface area contributed by atoms with Gasteiger partial charge in [-0.05, 0) is 30.8 Å². The van der Waals surface area contributed by atoms with E-state index in [9.17, 15) is 4.79 Å². The molecule has 0 heterocycles. The molecule has 0 aromatic heterocycles. The molecular weight excluding hydrogens is 220 g/mol. The number of thioether (sulfide) groups is 1. The Morgan fingerprint density at radius 1 is 1.44 bits per heavy atom. The Hall–Kier alpha value is -0.690. The Morgan fingerprint density at radius 3 is 2.50 bits per heavy atom. The third-order valence-electron chi connectivity index (χ3n) is 2.38. The highest BCUT2D eigenvalue weighted by atomic mass is 32.2. The van der Waals surface area contributed by atoms with E-state index in [1.54, 1.807) is 0 Å². The Bertz CT molecular complexity index is 248. The summed E-state index contributed by atoms with van der Waals surface area (Å²) in [5.41, 5.74) is 0. The maximum absolute atomic E-state index is 11.7. The van der Waals surface area contributed by atoms with Crippen LogP contribution in [0.25, 0.3) is 0 Å². The van der Waals surface area contributed by atoms with Crippen LogP contribution >= 0.6 is 11.8 Å². The molecule has 4 heteroatoms. The largest absolute Gasteiger partial charge is 0.352 e. The predicted molar refractivity (Wildman–Crippen MR) is 69.2 cm³/mol. The summed E-state index contributed by atoms with van der Waals surface area (Å²) in [6.45, 7) is 7.90. The van der Waals surface area contributed by atoms with Gasteiger partial charge in [-0.15, -0.1) is 0 Å². The predicted octanol–water partition coefficient (Wildman–Crippen LogP) is 2.43. The molecule has 2 atom stereocenters. The molecule has 0 aromatic rings. The Balaban J connectivity index is 3.98. The molecule has 1 amide bonds. The average molecular weight is 242 g/mol. The van der Waals surface area contributed by atoms with Gasteiger partial charge in [-0.3, -0.25) is 4.79 Å². The smallest absolute Gasteiger partial charge is 0.237 e. The number of nitriles is 1. The molecule has 0 saturated heterocycles. The van der Waals surface area contributed by atoms with Gasteiger partial charge in [0.2, 0.25) is 5.91 Å². The van der Waals surface area contributed by atoms with Crippen molar-refractivity contribution in [2.24, 2.45) is 11.8 Å². The van der Waals surface area contributed by atoms with Gasteiger partial charge < -0.3 is 5.32 Å². The second-order valence-corrected chi connectivity index (χ2v) is 5.64. The average Bonchev–Trinajstić information content (AvgIpc) is 2.18. The minimum atomic E-state index is -0.527. The van der Waals surface area contributed by atoms with Gasteiger partial charge in [-0.25, -0.2) is 0 Å². The lowest BCUT2D eigenvalue weighted by Crippen LogP contribution is -2.38. The molecule has 16 heavy (non-hydrogen) atoms. The number of rotatable bonds is 7. The van der Waals surface area contributed by atoms with Crippen molar-refractivity contribution in [2.45, 2.75) is 40.2 Å². The third kappa shape index (κ3) is 6.02. The van der Waals surface area contributed by atoms with Crippen molar-refractivity contribution in [3.63, 3.8) is 0 Å². The number of hydrogen-bond acceptors (Lipinski definition) is 3. The standard InChI is InChI=1S/C12H22N2OS/c1-5-16-7-6-10(4)14-12(15)11(8-13)9(2)3/h9-11H,5-7H2,1-4H3,(H,14,15). The van der Waals surface area contributed by atoms with Crippen LogP contribution in [0.2, 0.25) is 0 Å². The normalized spacial score (nSPS) is 14.2. The van der Waals surface area contributed by atoms with Crippen LogP contribution in [0, 0.1) is 23.2 Å². The first kappa shape index (κ1) is 15.3. The third-order valence-corrected chi connectivity index (χ3v) is 3.31.